The number of carbonyl (C=O) groups excluding carboxylic acids is 1. The van der Waals surface area contributed by atoms with E-state index in [0.717, 1.165) is 0 Å². The first kappa shape index (κ1) is 7.56. The van der Waals surface area contributed by atoms with Crippen LogP contribution in [0.2, 0.25) is 0 Å². The van der Waals surface area contributed by atoms with E-state index < -0.39 is 0 Å². The molecule has 0 rings (SSSR count). The van der Waals surface area contributed by atoms with Gasteiger partial charge in [0.25, 0.3) is 0 Å². The summed E-state index contributed by atoms with van der Waals surface area (Å²) in [6.45, 7) is 3.88. The van der Waals surface area contributed by atoms with Gasteiger partial charge in [-0.3, -0.25) is 4.79 Å². The number of hydrogen-bond donors (Lipinski definition) is 2. The van der Waals surface area contributed by atoms with Crippen LogP contribution in [0, 0.1) is 0 Å². The molecule has 0 unspecified atom stereocenters. The third kappa shape index (κ3) is 3.74. The first-order valence-corrected chi connectivity index (χ1v) is 2.95. The van der Waals surface area contributed by atoms with Crippen LogP contribution < -0.4 is 5.32 Å². The fraction of sp³-hybridized carbons (Fsp3) is 0.400. The second-order valence-electron chi connectivity index (χ2n) is 1.22. The molecular formula is C5H9NOS. The Kier molecular flexibility index (Phi) is 4.45. The molecule has 0 aliphatic heterocycles. The van der Waals surface area contributed by atoms with Crippen molar-refractivity contribution in [2.45, 2.75) is 0 Å². The Bertz CT molecular complexity index is 92.4. The summed E-state index contributed by atoms with van der Waals surface area (Å²) >= 11 is 3.89. The average molecular weight is 131 g/mol. The Morgan fingerprint density at radius 2 is 2.50 bits per heavy atom. The normalized spacial score (nSPS) is 8.12. The van der Waals surface area contributed by atoms with Crippen LogP contribution >= 0.6 is 12.6 Å². The third-order valence-corrected chi connectivity index (χ3v) is 0.820. The van der Waals surface area contributed by atoms with E-state index in [1.165, 1.54) is 6.08 Å². The van der Waals surface area contributed by atoms with E-state index >= 15 is 0 Å². The standard InChI is InChI=1S/C5H9NOS/c1-2-5(7)6-3-4-8/h2,8H,1,3-4H2,(H,6,7). The highest BCUT2D eigenvalue weighted by Crippen LogP contribution is 1.69. The van der Waals surface area contributed by atoms with Crippen molar-refractivity contribution >= 4 is 18.5 Å². The lowest BCUT2D eigenvalue weighted by molar-refractivity contribution is -0.116. The van der Waals surface area contributed by atoms with Crippen molar-refractivity contribution in [3.8, 4) is 0 Å². The van der Waals surface area contributed by atoms with Crippen molar-refractivity contribution in [1.82, 2.24) is 5.32 Å². The SMILES string of the molecule is C=CC(=O)NCCS. The zero-order valence-corrected chi connectivity index (χ0v) is 5.45. The molecule has 0 aliphatic rings. The summed E-state index contributed by atoms with van der Waals surface area (Å²) in [6, 6.07) is 0. The van der Waals surface area contributed by atoms with Crippen LogP contribution in [0.15, 0.2) is 12.7 Å². The van der Waals surface area contributed by atoms with Gasteiger partial charge in [0.2, 0.25) is 5.91 Å². The molecule has 0 atom stereocenters. The Morgan fingerprint density at radius 3 is 2.88 bits per heavy atom. The maximum absolute atomic E-state index is 10.3. The van der Waals surface area contributed by atoms with Gasteiger partial charge in [0.1, 0.15) is 0 Å². The summed E-state index contributed by atoms with van der Waals surface area (Å²) < 4.78 is 0. The summed E-state index contributed by atoms with van der Waals surface area (Å²) in [5, 5.41) is 2.55. The summed E-state index contributed by atoms with van der Waals surface area (Å²) in [5.41, 5.74) is 0. The number of thiol groups is 1. The maximum atomic E-state index is 10.3. The molecule has 3 heteroatoms. The van der Waals surface area contributed by atoms with Crippen LogP contribution in [-0.4, -0.2) is 18.2 Å². The molecule has 0 saturated heterocycles. The molecule has 1 amide bonds. The molecular weight excluding hydrogens is 122 g/mol. The van der Waals surface area contributed by atoms with E-state index in [4.69, 9.17) is 0 Å². The van der Waals surface area contributed by atoms with Crippen molar-refractivity contribution in [2.75, 3.05) is 12.3 Å². The molecule has 0 aromatic rings. The van der Waals surface area contributed by atoms with Crippen LogP contribution in [0.25, 0.3) is 0 Å². The largest absolute Gasteiger partial charge is 0.352 e. The summed E-state index contributed by atoms with van der Waals surface area (Å²) in [7, 11) is 0. The fourth-order valence-corrected chi connectivity index (χ4v) is 0.363. The Balaban J connectivity index is 3.11. The van der Waals surface area contributed by atoms with E-state index in [0.29, 0.717) is 12.3 Å². The van der Waals surface area contributed by atoms with Gasteiger partial charge in [-0.1, -0.05) is 6.58 Å². The van der Waals surface area contributed by atoms with Gasteiger partial charge in [0, 0.05) is 12.3 Å². The number of hydrogen-bond acceptors (Lipinski definition) is 2. The van der Waals surface area contributed by atoms with Gasteiger partial charge >= 0.3 is 0 Å². The van der Waals surface area contributed by atoms with Crippen LogP contribution in [0.1, 0.15) is 0 Å². The van der Waals surface area contributed by atoms with Gasteiger partial charge in [-0.2, -0.15) is 12.6 Å². The summed E-state index contributed by atoms with van der Waals surface area (Å²) in [6.07, 6.45) is 1.24. The molecule has 0 radical (unpaired) electrons. The van der Waals surface area contributed by atoms with Crippen molar-refractivity contribution in [1.29, 1.82) is 0 Å². The maximum Gasteiger partial charge on any atom is 0.243 e. The zero-order chi connectivity index (χ0) is 6.41. The van der Waals surface area contributed by atoms with Crippen LogP contribution in [0.3, 0.4) is 0 Å². The quantitative estimate of drug-likeness (QED) is 0.416. The van der Waals surface area contributed by atoms with Crippen LogP contribution in [-0.2, 0) is 4.79 Å². The lowest BCUT2D eigenvalue weighted by Crippen LogP contribution is -2.22. The first-order valence-electron chi connectivity index (χ1n) is 2.32. The van der Waals surface area contributed by atoms with E-state index in [-0.39, 0.29) is 5.91 Å². The van der Waals surface area contributed by atoms with Gasteiger partial charge in [0.15, 0.2) is 0 Å². The molecule has 0 aromatic heterocycles. The van der Waals surface area contributed by atoms with Crippen molar-refractivity contribution < 1.29 is 4.79 Å². The highest BCUT2D eigenvalue weighted by atomic mass is 32.1. The topological polar surface area (TPSA) is 29.1 Å². The number of rotatable bonds is 3. The lowest BCUT2D eigenvalue weighted by Gasteiger charge is -1.94. The fourth-order valence-electron chi connectivity index (χ4n) is 0.251. The minimum atomic E-state index is -0.140. The van der Waals surface area contributed by atoms with E-state index in [1.54, 1.807) is 0 Å². The predicted octanol–water partition coefficient (Wildman–Crippen LogP) is 0.218. The molecule has 0 aromatic carbocycles. The van der Waals surface area contributed by atoms with Crippen LogP contribution in [0.5, 0.6) is 0 Å². The second-order valence-corrected chi connectivity index (χ2v) is 1.67. The predicted molar refractivity (Wildman–Crippen MR) is 37.1 cm³/mol. The lowest BCUT2D eigenvalue weighted by atomic mass is 10.6. The summed E-state index contributed by atoms with van der Waals surface area (Å²) in [4.78, 5) is 10.3. The molecule has 0 bridgehead atoms. The zero-order valence-electron chi connectivity index (χ0n) is 4.55. The average Bonchev–Trinajstić information content (AvgIpc) is 1.83. The molecule has 0 saturated carbocycles. The van der Waals surface area contributed by atoms with E-state index in [1.807, 2.05) is 0 Å². The number of nitrogens with one attached hydrogen (secondary N) is 1. The molecule has 8 heavy (non-hydrogen) atoms. The highest BCUT2D eigenvalue weighted by molar-refractivity contribution is 7.80. The van der Waals surface area contributed by atoms with Crippen molar-refractivity contribution in [2.24, 2.45) is 0 Å². The highest BCUT2D eigenvalue weighted by Gasteiger charge is 1.87. The van der Waals surface area contributed by atoms with Crippen molar-refractivity contribution in [3.63, 3.8) is 0 Å². The molecule has 2 nitrogen and oxygen atoms in total. The molecule has 0 aliphatic carbocycles. The number of amides is 1. The van der Waals surface area contributed by atoms with Gasteiger partial charge in [-0.15, -0.1) is 0 Å². The number of carbonyl (C=O) groups is 1. The van der Waals surface area contributed by atoms with E-state index in [2.05, 4.69) is 24.5 Å². The van der Waals surface area contributed by atoms with Gasteiger partial charge in [0.05, 0.1) is 0 Å². The minimum Gasteiger partial charge on any atom is -0.352 e. The molecule has 0 spiro atoms. The summed E-state index contributed by atoms with van der Waals surface area (Å²) in [5.74, 6) is 0.526. The first-order chi connectivity index (χ1) is 3.81. The van der Waals surface area contributed by atoms with Gasteiger partial charge < -0.3 is 5.32 Å². The third-order valence-electron chi connectivity index (χ3n) is 0.596. The Hall–Kier alpha value is -0.440. The van der Waals surface area contributed by atoms with E-state index in [9.17, 15) is 4.79 Å². The minimum absolute atomic E-state index is 0.140. The van der Waals surface area contributed by atoms with Gasteiger partial charge in [-0.05, 0) is 6.08 Å². The molecule has 46 valence electrons. The smallest absolute Gasteiger partial charge is 0.243 e. The Labute approximate surface area is 54.4 Å². The monoisotopic (exact) mass is 131 g/mol. The Morgan fingerprint density at radius 1 is 1.88 bits per heavy atom. The van der Waals surface area contributed by atoms with Gasteiger partial charge in [-0.25, -0.2) is 0 Å². The van der Waals surface area contributed by atoms with Crippen LogP contribution in [0.4, 0.5) is 0 Å². The van der Waals surface area contributed by atoms with Crippen molar-refractivity contribution in [3.05, 3.63) is 12.7 Å². The molecule has 0 fully saturated rings. The second kappa shape index (κ2) is 4.71. The molecule has 1 N–H and O–H groups in total. The molecule has 0 heterocycles.